The monoisotopic (exact) mass is 454 g/mol. The normalized spacial score (nSPS) is 14.3. The molecule has 174 valence electrons. The Morgan fingerprint density at radius 3 is 2.25 bits per heavy atom. The summed E-state index contributed by atoms with van der Waals surface area (Å²) in [6, 6.07) is 11.4. The number of aliphatic hydroxyl groups excluding tert-OH is 1. The van der Waals surface area contributed by atoms with E-state index in [0.717, 1.165) is 19.2 Å². The lowest BCUT2D eigenvalue weighted by atomic mass is 10.1. The molecule has 2 N–H and O–H groups in total. The quantitative estimate of drug-likeness (QED) is 0.530. The van der Waals surface area contributed by atoms with E-state index in [9.17, 15) is 22.8 Å². The van der Waals surface area contributed by atoms with Crippen molar-refractivity contribution in [1.29, 1.82) is 0 Å². The zero-order valence-corrected chi connectivity index (χ0v) is 17.5. The van der Waals surface area contributed by atoms with Gasteiger partial charge in [-0.25, -0.2) is 4.79 Å². The Labute approximate surface area is 183 Å². The fourth-order valence-electron chi connectivity index (χ4n) is 3.14. The average Bonchev–Trinajstić information content (AvgIpc) is 2.74. The molecule has 32 heavy (non-hydrogen) atoms. The van der Waals surface area contributed by atoms with Crippen LogP contribution in [-0.2, 0) is 11.0 Å². The zero-order chi connectivity index (χ0) is 23.7. The number of aliphatic hydroxyl groups is 1. The number of rotatable bonds is 5. The molecule has 7 nitrogen and oxygen atoms in total. The van der Waals surface area contributed by atoms with Crippen LogP contribution in [-0.4, -0.2) is 66.4 Å². The summed E-state index contributed by atoms with van der Waals surface area (Å²) in [7, 11) is 0. The van der Waals surface area contributed by atoms with Gasteiger partial charge in [0.1, 0.15) is 11.3 Å². The van der Waals surface area contributed by atoms with Crippen molar-refractivity contribution in [3.63, 3.8) is 0 Å². The number of carbonyl (C=O) groups excluding carboxylic acids is 1. The highest BCUT2D eigenvalue weighted by Crippen LogP contribution is 2.31. The van der Waals surface area contributed by atoms with Gasteiger partial charge in [-0.1, -0.05) is 18.2 Å². The van der Waals surface area contributed by atoms with E-state index >= 15 is 0 Å². The van der Waals surface area contributed by atoms with Gasteiger partial charge in [0, 0.05) is 45.3 Å². The summed E-state index contributed by atoms with van der Waals surface area (Å²) >= 11 is 0. The average molecular weight is 454 g/mol. The molecule has 0 radical (unpaired) electrons. The van der Waals surface area contributed by atoms with Crippen LogP contribution in [0.25, 0.3) is 0 Å². The Kier molecular flexibility index (Phi) is 9.03. The molecule has 1 fully saturated rings. The fraction of sp³-hybridized carbons (Fsp3) is 0.364. The summed E-state index contributed by atoms with van der Waals surface area (Å²) in [5.41, 5.74) is -0.0149. The lowest BCUT2D eigenvalue weighted by Gasteiger charge is -2.36. The van der Waals surface area contributed by atoms with E-state index in [0.29, 0.717) is 25.3 Å². The summed E-state index contributed by atoms with van der Waals surface area (Å²) in [5, 5.41) is 17.5. The van der Waals surface area contributed by atoms with Gasteiger partial charge in [-0.3, -0.25) is 9.69 Å². The highest BCUT2D eigenvalue weighted by atomic mass is 19.4. The van der Waals surface area contributed by atoms with E-state index in [-0.39, 0.29) is 17.9 Å². The molecular formula is C22H25F3N2O5. The van der Waals surface area contributed by atoms with Gasteiger partial charge >= 0.3 is 18.1 Å². The van der Waals surface area contributed by atoms with Crippen LogP contribution in [0.15, 0.2) is 48.5 Å². The lowest BCUT2D eigenvalue weighted by molar-refractivity contribution is -0.137. The second-order valence-corrected chi connectivity index (χ2v) is 7.00. The minimum absolute atomic E-state index is 0.0160. The molecule has 0 spiro atoms. The van der Waals surface area contributed by atoms with E-state index in [4.69, 9.17) is 10.2 Å². The number of carboxylic acid groups (broad SMARTS) is 1. The van der Waals surface area contributed by atoms with E-state index in [1.54, 1.807) is 18.2 Å². The molecule has 2 aromatic carbocycles. The minimum atomic E-state index is -4.30. The van der Waals surface area contributed by atoms with Gasteiger partial charge < -0.3 is 19.8 Å². The number of esters is 1. The maximum absolute atomic E-state index is 12.6. The number of anilines is 1. The number of piperazine rings is 1. The predicted molar refractivity (Wildman–Crippen MR) is 112 cm³/mol. The number of aromatic carboxylic acids is 1. The third-order valence-corrected chi connectivity index (χ3v) is 4.70. The van der Waals surface area contributed by atoms with Crippen LogP contribution in [0.2, 0.25) is 0 Å². The first kappa shape index (κ1) is 25.2. The number of nitrogens with zero attached hydrogens (tertiary/aromatic N) is 2. The molecular weight excluding hydrogens is 429 g/mol. The third-order valence-electron chi connectivity index (χ3n) is 4.70. The lowest BCUT2D eigenvalue weighted by Crippen LogP contribution is -2.47. The number of benzene rings is 2. The number of ether oxygens (including phenoxy) is 1. The molecule has 3 rings (SSSR count). The molecule has 2 aromatic rings. The van der Waals surface area contributed by atoms with E-state index in [1.807, 2.05) is 4.90 Å². The van der Waals surface area contributed by atoms with E-state index in [1.165, 1.54) is 31.2 Å². The van der Waals surface area contributed by atoms with Crippen LogP contribution in [0.1, 0.15) is 22.8 Å². The van der Waals surface area contributed by atoms with Crippen LogP contribution in [0.3, 0.4) is 0 Å². The highest BCUT2D eigenvalue weighted by Gasteiger charge is 2.31. The molecule has 1 saturated heterocycles. The molecule has 1 aliphatic rings. The summed E-state index contributed by atoms with van der Waals surface area (Å²) in [6.45, 7) is 4.84. The molecule has 0 amide bonds. The fourth-order valence-corrected chi connectivity index (χ4v) is 3.14. The standard InChI is InChI=1S/C13H17F3N2O.C9H8O4/c14-13(15,16)11-2-1-3-12(10-11)18-6-4-17(5-7-18)8-9-19;1-6(10)13-8-5-3-2-4-7(8)9(11)12/h1-3,10,19H,4-9H2;2-5H,1H3,(H,11,12). The number of β-amino-alcohol motifs (C(OH)–C–C–N with tert-alkyl or cyclic N) is 1. The SMILES string of the molecule is CC(=O)Oc1ccccc1C(=O)O.OCCN1CCN(c2cccc(C(F)(F)F)c2)CC1. The zero-order valence-electron chi connectivity index (χ0n) is 17.5. The summed E-state index contributed by atoms with van der Waals surface area (Å²) in [4.78, 5) is 25.2. The first-order valence-corrected chi connectivity index (χ1v) is 9.88. The number of halogens is 3. The number of hydrogen-bond acceptors (Lipinski definition) is 6. The number of alkyl halides is 3. The van der Waals surface area contributed by atoms with Gasteiger partial charge in [0.05, 0.1) is 12.2 Å². The second kappa shape index (κ2) is 11.5. The second-order valence-electron chi connectivity index (χ2n) is 7.00. The number of carboxylic acids is 1. The smallest absolute Gasteiger partial charge is 0.416 e. The van der Waals surface area contributed by atoms with Gasteiger partial charge in [0.15, 0.2) is 0 Å². The molecule has 0 aromatic heterocycles. The number of para-hydroxylation sites is 1. The largest absolute Gasteiger partial charge is 0.478 e. The Morgan fingerprint density at radius 2 is 1.69 bits per heavy atom. The molecule has 0 aliphatic carbocycles. The molecule has 0 unspecified atom stereocenters. The molecule has 0 saturated carbocycles. The number of carbonyl (C=O) groups is 2. The molecule has 1 heterocycles. The van der Waals surface area contributed by atoms with Crippen molar-refractivity contribution < 1.29 is 37.7 Å². The van der Waals surface area contributed by atoms with Crippen LogP contribution < -0.4 is 9.64 Å². The minimum Gasteiger partial charge on any atom is -0.478 e. The van der Waals surface area contributed by atoms with Crippen LogP contribution in [0.5, 0.6) is 5.75 Å². The molecule has 0 atom stereocenters. The van der Waals surface area contributed by atoms with Gasteiger partial charge in [-0.15, -0.1) is 0 Å². The first-order chi connectivity index (χ1) is 15.1. The van der Waals surface area contributed by atoms with Crippen molar-refractivity contribution in [2.45, 2.75) is 13.1 Å². The van der Waals surface area contributed by atoms with Gasteiger partial charge in [-0.05, 0) is 30.3 Å². The summed E-state index contributed by atoms with van der Waals surface area (Å²) in [5.74, 6) is -1.58. The van der Waals surface area contributed by atoms with Crippen LogP contribution >= 0.6 is 0 Å². The van der Waals surface area contributed by atoms with E-state index < -0.39 is 23.7 Å². The maximum Gasteiger partial charge on any atom is 0.416 e. The maximum atomic E-state index is 12.6. The van der Waals surface area contributed by atoms with Gasteiger partial charge in [0.2, 0.25) is 0 Å². The molecule has 1 aliphatic heterocycles. The number of hydrogen-bond donors (Lipinski definition) is 2. The highest BCUT2D eigenvalue weighted by molar-refractivity contribution is 5.91. The summed E-state index contributed by atoms with van der Waals surface area (Å²) < 4.78 is 42.6. The summed E-state index contributed by atoms with van der Waals surface area (Å²) in [6.07, 6.45) is -4.30. The van der Waals surface area contributed by atoms with Crippen molar-refractivity contribution in [2.24, 2.45) is 0 Å². The Hall–Kier alpha value is -3.11. The first-order valence-electron chi connectivity index (χ1n) is 9.88. The Morgan fingerprint density at radius 1 is 1.03 bits per heavy atom. The Balaban J connectivity index is 0.000000244. The Bertz CT molecular complexity index is 912. The van der Waals surface area contributed by atoms with Gasteiger partial charge in [0.25, 0.3) is 0 Å². The van der Waals surface area contributed by atoms with Crippen molar-refractivity contribution in [3.8, 4) is 5.75 Å². The van der Waals surface area contributed by atoms with Crippen LogP contribution in [0, 0.1) is 0 Å². The van der Waals surface area contributed by atoms with Gasteiger partial charge in [-0.2, -0.15) is 13.2 Å². The van der Waals surface area contributed by atoms with Crippen molar-refractivity contribution >= 4 is 17.6 Å². The predicted octanol–water partition coefficient (Wildman–Crippen LogP) is 3.13. The topological polar surface area (TPSA) is 90.3 Å². The van der Waals surface area contributed by atoms with Crippen LogP contribution in [0.4, 0.5) is 18.9 Å². The van der Waals surface area contributed by atoms with Crippen molar-refractivity contribution in [2.75, 3.05) is 44.2 Å². The third kappa shape index (κ3) is 7.54. The van der Waals surface area contributed by atoms with Crippen molar-refractivity contribution in [3.05, 3.63) is 59.7 Å². The van der Waals surface area contributed by atoms with Crippen molar-refractivity contribution in [1.82, 2.24) is 4.90 Å². The van der Waals surface area contributed by atoms with E-state index in [2.05, 4.69) is 9.64 Å². The molecule has 0 bridgehead atoms. The molecule has 10 heteroatoms.